The van der Waals surface area contributed by atoms with Crippen LogP contribution < -0.4 is 0 Å². The largest absolute Gasteiger partial charge is 0 e. The first kappa shape index (κ1) is 29.9. The standard InChI is InChI=1S/Al.Cr.Fe.Y. The van der Waals surface area contributed by atoms with Crippen LogP contribution in [-0.4, -0.2) is 17.4 Å². The molecule has 20 valence electrons. The average Bonchev–Trinajstić information content (AvgIpc) is 0. The quantitative estimate of drug-likeness (QED) is 0.491. The van der Waals surface area contributed by atoms with E-state index < -0.39 is 0 Å². The molecule has 0 amide bonds. The zero-order valence-corrected chi connectivity index (χ0v) is 8.29. The summed E-state index contributed by atoms with van der Waals surface area (Å²) in [6.07, 6.45) is 0. The van der Waals surface area contributed by atoms with Gasteiger partial charge in [-0.25, -0.2) is 0 Å². The maximum absolute atomic E-state index is 0. The summed E-state index contributed by atoms with van der Waals surface area (Å²) < 4.78 is 0. The fourth-order valence-corrected chi connectivity index (χ4v) is 0. The van der Waals surface area contributed by atoms with Crippen LogP contribution in [0.15, 0.2) is 0 Å². The molecule has 0 nitrogen and oxygen atoms in total. The molecule has 4 heavy (non-hydrogen) atoms. The van der Waals surface area contributed by atoms with Crippen LogP contribution in [0.4, 0.5) is 0 Å². The van der Waals surface area contributed by atoms with Crippen molar-refractivity contribution in [1.82, 2.24) is 0 Å². The Balaban J connectivity index is 0. The fourth-order valence-electron chi connectivity index (χ4n) is 0. The third-order valence-corrected chi connectivity index (χ3v) is 0. The Hall–Kier alpha value is 2.69. The first-order valence-electron chi connectivity index (χ1n) is 0. The SMILES string of the molecule is [Al].[Cr].[Fe].[Y]. The van der Waals surface area contributed by atoms with E-state index in [9.17, 15) is 0 Å². The Labute approximate surface area is 83.1 Å². The second kappa shape index (κ2) is 17.3. The van der Waals surface area contributed by atoms with Gasteiger partial charge in [0.05, 0.1) is 0 Å². The Morgan fingerprint density at radius 2 is 1.00 bits per heavy atom. The summed E-state index contributed by atoms with van der Waals surface area (Å²) in [5.41, 5.74) is 0. The molecule has 0 aliphatic heterocycles. The summed E-state index contributed by atoms with van der Waals surface area (Å²) in [5.74, 6) is 0. The summed E-state index contributed by atoms with van der Waals surface area (Å²) >= 11 is 0. The van der Waals surface area contributed by atoms with Gasteiger partial charge in [0, 0.05) is 84.5 Å². The van der Waals surface area contributed by atoms with Crippen molar-refractivity contribution in [2.75, 3.05) is 0 Å². The first-order chi connectivity index (χ1) is 0. The van der Waals surface area contributed by atoms with Crippen molar-refractivity contribution in [2.45, 2.75) is 0 Å². The second-order valence-corrected chi connectivity index (χ2v) is 0. The van der Waals surface area contributed by atoms with E-state index in [4.69, 9.17) is 0 Å². The summed E-state index contributed by atoms with van der Waals surface area (Å²) in [7, 11) is 0. The monoisotopic (exact) mass is 224 g/mol. The molecule has 0 saturated carbocycles. The first-order valence-corrected chi connectivity index (χ1v) is 0. The molecule has 0 saturated heterocycles. The molecule has 0 aliphatic carbocycles. The third kappa shape index (κ3) is 8.82. The van der Waals surface area contributed by atoms with Crippen molar-refractivity contribution in [1.29, 1.82) is 0 Å². The number of hydrogen-bond acceptors (Lipinski definition) is 0. The molecule has 0 unspecified atom stereocenters. The molecule has 0 atom stereocenters. The van der Waals surface area contributed by atoms with Gasteiger partial charge in [0.15, 0.2) is 0 Å². The predicted octanol–water partition coefficient (Wildman–Crippen LogP) is -0.388. The van der Waals surface area contributed by atoms with Crippen LogP contribution in [0.25, 0.3) is 0 Å². The molecular weight excluding hydrogens is 224 g/mol. The predicted molar refractivity (Wildman–Crippen MR) is 5.75 cm³/mol. The molecular formula is AlCrFeY. The Morgan fingerprint density at radius 1 is 1.00 bits per heavy atom. The van der Waals surface area contributed by atoms with E-state index in [0.29, 0.717) is 0 Å². The minimum atomic E-state index is 0. The Bertz CT molecular complexity index is 8.00. The minimum absolute atomic E-state index is 0. The number of rotatable bonds is 0. The van der Waals surface area contributed by atoms with Crippen LogP contribution >= 0.6 is 0 Å². The van der Waals surface area contributed by atoms with Crippen molar-refractivity contribution >= 4 is 17.4 Å². The van der Waals surface area contributed by atoms with E-state index in [2.05, 4.69) is 0 Å². The van der Waals surface area contributed by atoms with Gasteiger partial charge in [-0.1, -0.05) is 0 Å². The molecule has 0 aromatic rings. The van der Waals surface area contributed by atoms with E-state index in [1.165, 1.54) is 0 Å². The molecule has 0 rings (SSSR count). The van der Waals surface area contributed by atoms with Crippen LogP contribution in [0.5, 0.6) is 0 Å². The van der Waals surface area contributed by atoms with E-state index in [1.807, 2.05) is 0 Å². The van der Waals surface area contributed by atoms with Crippen LogP contribution in [0.3, 0.4) is 0 Å². The van der Waals surface area contributed by atoms with Gasteiger partial charge in [0.25, 0.3) is 0 Å². The van der Waals surface area contributed by atoms with E-state index in [-0.39, 0.29) is 84.5 Å². The summed E-state index contributed by atoms with van der Waals surface area (Å²) in [6.45, 7) is 0. The molecule has 0 heterocycles. The summed E-state index contributed by atoms with van der Waals surface area (Å²) in [4.78, 5) is 0. The van der Waals surface area contributed by atoms with Gasteiger partial charge in [-0.2, -0.15) is 0 Å². The van der Waals surface area contributed by atoms with Gasteiger partial charge in [-0.05, 0) is 0 Å². The van der Waals surface area contributed by atoms with Crippen molar-refractivity contribution < 1.29 is 67.1 Å². The van der Waals surface area contributed by atoms with Crippen LogP contribution in [0, 0.1) is 0 Å². The molecule has 0 fully saturated rings. The molecule has 0 spiro atoms. The molecule has 0 aliphatic rings. The van der Waals surface area contributed by atoms with Gasteiger partial charge in [0.2, 0.25) is 0 Å². The zero-order valence-electron chi connectivity index (χ0n) is 1.92. The third-order valence-electron chi connectivity index (χ3n) is 0. The van der Waals surface area contributed by atoms with Gasteiger partial charge in [0.1, 0.15) is 0 Å². The Kier molecular flexibility index (Phi) is 130. The van der Waals surface area contributed by atoms with Crippen LogP contribution in [0.1, 0.15) is 0 Å². The molecule has 0 aromatic heterocycles. The Morgan fingerprint density at radius 3 is 1.00 bits per heavy atom. The van der Waals surface area contributed by atoms with Crippen molar-refractivity contribution in [3.63, 3.8) is 0 Å². The maximum Gasteiger partial charge on any atom is 0 e. The molecule has 0 N–H and O–H groups in total. The van der Waals surface area contributed by atoms with E-state index in [1.54, 1.807) is 0 Å². The topological polar surface area (TPSA) is 0 Å². The van der Waals surface area contributed by atoms with Crippen LogP contribution in [0.2, 0.25) is 0 Å². The van der Waals surface area contributed by atoms with Gasteiger partial charge < -0.3 is 0 Å². The van der Waals surface area contributed by atoms with E-state index in [0.717, 1.165) is 0 Å². The normalized spacial score (nSPS) is 0. The summed E-state index contributed by atoms with van der Waals surface area (Å²) in [6, 6.07) is 0. The molecule has 4 radical (unpaired) electrons. The molecule has 0 bridgehead atoms. The van der Waals surface area contributed by atoms with Gasteiger partial charge in [-0.15, -0.1) is 0 Å². The van der Waals surface area contributed by atoms with Crippen molar-refractivity contribution in [3.8, 4) is 0 Å². The zero-order chi connectivity index (χ0) is 0. The van der Waals surface area contributed by atoms with Crippen LogP contribution in [-0.2, 0) is 67.1 Å². The van der Waals surface area contributed by atoms with Gasteiger partial charge in [-0.3, -0.25) is 0 Å². The molecule has 0 aromatic carbocycles. The summed E-state index contributed by atoms with van der Waals surface area (Å²) in [5, 5.41) is 0. The smallest absolute Gasteiger partial charge is 0 e. The van der Waals surface area contributed by atoms with E-state index >= 15 is 0 Å². The minimum Gasteiger partial charge on any atom is 0 e. The van der Waals surface area contributed by atoms with Gasteiger partial charge >= 0.3 is 0 Å². The number of hydrogen-bond donors (Lipinski definition) is 0. The molecule has 4 heteroatoms. The fraction of sp³-hybridized carbons (Fsp3) is 0. The average molecular weight is 224 g/mol. The van der Waals surface area contributed by atoms with Crippen molar-refractivity contribution in [2.24, 2.45) is 0 Å². The van der Waals surface area contributed by atoms with Crippen molar-refractivity contribution in [3.05, 3.63) is 0 Å². The second-order valence-electron chi connectivity index (χ2n) is 0. The maximum atomic E-state index is 0.